The molecule has 70 valence electrons. The molecule has 0 bridgehead atoms. The molecule has 13 heavy (non-hydrogen) atoms. The van der Waals surface area contributed by atoms with Gasteiger partial charge in [0.2, 0.25) is 0 Å². The van der Waals surface area contributed by atoms with Crippen LogP contribution in [0, 0.1) is 0 Å². The molecule has 1 aromatic rings. The summed E-state index contributed by atoms with van der Waals surface area (Å²) in [6.45, 7) is 4.48. The molecule has 1 unspecified atom stereocenters. The average molecular weight is 175 g/mol. The zero-order chi connectivity index (χ0) is 9.26. The Morgan fingerprint density at radius 2 is 2.38 bits per heavy atom. The largest absolute Gasteiger partial charge is 0.260 e. The lowest BCUT2D eigenvalue weighted by molar-refractivity contribution is 0.572. The molecule has 0 aromatic carbocycles. The predicted octanol–water partition coefficient (Wildman–Crippen LogP) is 3.08. The Balaban J connectivity index is 2.39. The highest BCUT2D eigenvalue weighted by molar-refractivity contribution is 5.29. The van der Waals surface area contributed by atoms with E-state index in [1.807, 2.05) is 6.20 Å². The van der Waals surface area contributed by atoms with Crippen LogP contribution in [0.2, 0.25) is 0 Å². The minimum Gasteiger partial charge on any atom is -0.260 e. The van der Waals surface area contributed by atoms with Gasteiger partial charge in [-0.05, 0) is 42.7 Å². The monoisotopic (exact) mass is 175 g/mol. The lowest BCUT2D eigenvalue weighted by Crippen LogP contribution is -2.09. The van der Waals surface area contributed by atoms with E-state index in [0.29, 0.717) is 5.92 Å². The molecule has 1 aliphatic carbocycles. The lowest BCUT2D eigenvalue weighted by atomic mass is 9.87. The summed E-state index contributed by atoms with van der Waals surface area (Å²) in [5.41, 5.74) is 4.23. The fourth-order valence-corrected chi connectivity index (χ4v) is 2.14. The van der Waals surface area contributed by atoms with Gasteiger partial charge in [-0.3, -0.25) is 4.98 Å². The molecule has 0 saturated heterocycles. The van der Waals surface area contributed by atoms with Gasteiger partial charge in [0, 0.05) is 11.9 Å². The Bertz CT molecular complexity index is 304. The number of hydrogen-bond donors (Lipinski definition) is 0. The van der Waals surface area contributed by atoms with Crippen LogP contribution in [-0.2, 0) is 12.8 Å². The molecule has 1 heterocycles. The highest BCUT2D eigenvalue weighted by Crippen LogP contribution is 2.29. The van der Waals surface area contributed by atoms with Gasteiger partial charge in [-0.25, -0.2) is 0 Å². The molecule has 0 aliphatic heterocycles. The van der Waals surface area contributed by atoms with Crippen LogP contribution in [0.3, 0.4) is 0 Å². The Hall–Kier alpha value is -0.850. The summed E-state index contributed by atoms with van der Waals surface area (Å²) in [7, 11) is 0. The second kappa shape index (κ2) is 3.49. The van der Waals surface area contributed by atoms with Crippen LogP contribution in [0.25, 0.3) is 0 Å². The fourth-order valence-electron chi connectivity index (χ4n) is 2.14. The summed E-state index contributed by atoms with van der Waals surface area (Å²) < 4.78 is 0. The van der Waals surface area contributed by atoms with Crippen molar-refractivity contribution in [1.82, 2.24) is 4.98 Å². The van der Waals surface area contributed by atoms with E-state index >= 15 is 0 Å². The standard InChI is InChI=1S/C12H17N/c1-3-10-7-11-6-4-5-9(2)12(11)13-8-10/h7-9H,3-6H2,1-2H3. The maximum absolute atomic E-state index is 4.57. The lowest BCUT2D eigenvalue weighted by Gasteiger charge is -2.21. The molecule has 1 nitrogen and oxygen atoms in total. The summed E-state index contributed by atoms with van der Waals surface area (Å²) in [5, 5.41) is 0. The molecule has 0 radical (unpaired) electrons. The van der Waals surface area contributed by atoms with Crippen molar-refractivity contribution in [2.24, 2.45) is 0 Å². The van der Waals surface area contributed by atoms with Gasteiger partial charge in [0.05, 0.1) is 0 Å². The van der Waals surface area contributed by atoms with Crippen molar-refractivity contribution >= 4 is 0 Å². The maximum atomic E-state index is 4.57. The third-order valence-electron chi connectivity index (χ3n) is 3.02. The van der Waals surface area contributed by atoms with E-state index in [0.717, 1.165) is 6.42 Å². The molecule has 0 amide bonds. The Labute approximate surface area is 80.2 Å². The molecule has 0 fully saturated rings. The molecular formula is C12H17N. The maximum Gasteiger partial charge on any atom is 0.0463 e. The number of aromatic nitrogens is 1. The van der Waals surface area contributed by atoms with Gasteiger partial charge >= 0.3 is 0 Å². The Kier molecular flexibility index (Phi) is 2.34. The molecule has 2 rings (SSSR count). The van der Waals surface area contributed by atoms with Crippen LogP contribution in [-0.4, -0.2) is 4.98 Å². The van der Waals surface area contributed by atoms with Crippen molar-refractivity contribution in [3.63, 3.8) is 0 Å². The molecule has 0 N–H and O–H groups in total. The van der Waals surface area contributed by atoms with E-state index in [1.165, 1.54) is 36.1 Å². The first-order valence-corrected chi connectivity index (χ1v) is 5.29. The van der Waals surface area contributed by atoms with E-state index in [4.69, 9.17) is 0 Å². The fraction of sp³-hybridized carbons (Fsp3) is 0.583. The van der Waals surface area contributed by atoms with Crippen molar-refractivity contribution in [3.8, 4) is 0 Å². The quantitative estimate of drug-likeness (QED) is 0.639. The van der Waals surface area contributed by atoms with Gasteiger partial charge in [-0.2, -0.15) is 0 Å². The zero-order valence-electron chi connectivity index (χ0n) is 8.51. The normalized spacial score (nSPS) is 21.2. The summed E-state index contributed by atoms with van der Waals surface area (Å²) in [6, 6.07) is 2.35. The summed E-state index contributed by atoms with van der Waals surface area (Å²) in [6.07, 6.45) is 7.03. The van der Waals surface area contributed by atoms with Crippen LogP contribution >= 0.6 is 0 Å². The molecule has 0 saturated carbocycles. The Morgan fingerprint density at radius 1 is 1.54 bits per heavy atom. The first kappa shape index (κ1) is 8.74. The summed E-state index contributed by atoms with van der Waals surface area (Å²) in [4.78, 5) is 4.57. The second-order valence-corrected chi connectivity index (χ2v) is 4.03. The van der Waals surface area contributed by atoms with E-state index in [-0.39, 0.29) is 0 Å². The van der Waals surface area contributed by atoms with E-state index in [1.54, 1.807) is 0 Å². The predicted molar refractivity (Wildman–Crippen MR) is 55.0 cm³/mol. The van der Waals surface area contributed by atoms with Crippen molar-refractivity contribution in [2.45, 2.75) is 45.4 Å². The van der Waals surface area contributed by atoms with E-state index in [9.17, 15) is 0 Å². The van der Waals surface area contributed by atoms with Crippen molar-refractivity contribution < 1.29 is 0 Å². The molecular weight excluding hydrogens is 158 g/mol. The van der Waals surface area contributed by atoms with E-state index in [2.05, 4.69) is 24.9 Å². The first-order chi connectivity index (χ1) is 6.31. The Morgan fingerprint density at radius 3 is 3.15 bits per heavy atom. The van der Waals surface area contributed by atoms with Gasteiger partial charge in [0.25, 0.3) is 0 Å². The van der Waals surface area contributed by atoms with Crippen LogP contribution in [0.1, 0.15) is 49.4 Å². The number of rotatable bonds is 1. The topological polar surface area (TPSA) is 12.9 Å². The summed E-state index contributed by atoms with van der Waals surface area (Å²) in [5.74, 6) is 0.676. The average Bonchev–Trinajstić information content (AvgIpc) is 2.18. The van der Waals surface area contributed by atoms with Crippen molar-refractivity contribution in [2.75, 3.05) is 0 Å². The van der Waals surface area contributed by atoms with Gasteiger partial charge in [0.15, 0.2) is 0 Å². The molecule has 0 spiro atoms. The number of hydrogen-bond acceptors (Lipinski definition) is 1. The van der Waals surface area contributed by atoms with E-state index < -0.39 is 0 Å². The van der Waals surface area contributed by atoms with Gasteiger partial charge in [-0.15, -0.1) is 0 Å². The highest BCUT2D eigenvalue weighted by atomic mass is 14.7. The van der Waals surface area contributed by atoms with Crippen LogP contribution in [0.4, 0.5) is 0 Å². The number of fused-ring (bicyclic) bond motifs is 1. The number of pyridine rings is 1. The van der Waals surface area contributed by atoms with Gasteiger partial charge in [0.1, 0.15) is 0 Å². The van der Waals surface area contributed by atoms with Crippen molar-refractivity contribution in [3.05, 3.63) is 29.1 Å². The number of aryl methyl sites for hydroxylation is 2. The third-order valence-corrected chi connectivity index (χ3v) is 3.02. The SMILES string of the molecule is CCc1cnc2c(c1)CCCC2C. The van der Waals surface area contributed by atoms with Crippen LogP contribution in [0.5, 0.6) is 0 Å². The smallest absolute Gasteiger partial charge is 0.0463 e. The van der Waals surface area contributed by atoms with Crippen LogP contribution < -0.4 is 0 Å². The molecule has 1 heteroatoms. The van der Waals surface area contributed by atoms with Crippen molar-refractivity contribution in [1.29, 1.82) is 0 Å². The first-order valence-electron chi connectivity index (χ1n) is 5.29. The number of nitrogens with zero attached hydrogens (tertiary/aromatic N) is 1. The minimum absolute atomic E-state index is 0.676. The zero-order valence-corrected chi connectivity index (χ0v) is 8.51. The van der Waals surface area contributed by atoms with Gasteiger partial charge in [-0.1, -0.05) is 19.9 Å². The summed E-state index contributed by atoms with van der Waals surface area (Å²) >= 11 is 0. The molecule has 1 aromatic heterocycles. The molecule has 1 atom stereocenters. The molecule has 1 aliphatic rings. The second-order valence-electron chi connectivity index (χ2n) is 4.03. The minimum atomic E-state index is 0.676. The van der Waals surface area contributed by atoms with Gasteiger partial charge < -0.3 is 0 Å². The highest BCUT2D eigenvalue weighted by Gasteiger charge is 2.17. The third kappa shape index (κ3) is 1.60. The van der Waals surface area contributed by atoms with Crippen LogP contribution in [0.15, 0.2) is 12.3 Å².